The van der Waals surface area contributed by atoms with Crippen molar-refractivity contribution >= 4 is 21.7 Å². The van der Waals surface area contributed by atoms with Gasteiger partial charge in [-0.2, -0.15) is 0 Å². The Bertz CT molecular complexity index is 316. The number of Topliss-reactive ketones (excluding diaryl/α,β-unsaturated/α-hetero) is 1. The van der Waals surface area contributed by atoms with Gasteiger partial charge in [-0.05, 0) is 12.1 Å². The minimum atomic E-state index is 0.213. The highest BCUT2D eigenvalue weighted by atomic mass is 79.9. The first kappa shape index (κ1) is 8.91. The van der Waals surface area contributed by atoms with Gasteiger partial charge >= 0.3 is 0 Å². The third-order valence-corrected chi connectivity index (χ3v) is 2.60. The average Bonchev–Trinajstić information content (AvgIpc) is 2.89. The van der Waals surface area contributed by atoms with Gasteiger partial charge in [-0.1, -0.05) is 28.1 Å². The number of ketones is 1. The summed E-state index contributed by atoms with van der Waals surface area (Å²) < 4.78 is 1.01. The Morgan fingerprint density at radius 3 is 2.46 bits per heavy atom. The molecule has 1 heterocycles. The summed E-state index contributed by atoms with van der Waals surface area (Å²) in [5, 5.41) is 0. The fourth-order valence-corrected chi connectivity index (χ4v) is 1.42. The number of nitrogens with zero attached hydrogens (tertiary/aromatic N) is 1. The Balaban J connectivity index is 2.05. The number of carbonyl (C=O) groups excluding carboxylic acids is 1. The van der Waals surface area contributed by atoms with Crippen LogP contribution in [0.15, 0.2) is 28.7 Å². The molecule has 0 unspecified atom stereocenters. The van der Waals surface area contributed by atoms with Crippen LogP contribution in [-0.2, 0) is 0 Å². The van der Waals surface area contributed by atoms with E-state index in [1.807, 2.05) is 24.3 Å². The maximum atomic E-state index is 11.5. The summed E-state index contributed by atoms with van der Waals surface area (Å²) in [4.78, 5) is 13.7. The predicted octanol–water partition coefficient (Wildman–Crippen LogP) is 1.95. The molecule has 1 saturated heterocycles. The van der Waals surface area contributed by atoms with Gasteiger partial charge in [0.25, 0.3) is 0 Å². The Labute approximate surface area is 85.7 Å². The molecule has 2 rings (SSSR count). The van der Waals surface area contributed by atoms with Crippen molar-refractivity contribution in [3.63, 3.8) is 0 Å². The molecule has 0 spiro atoms. The number of hydrogen-bond donors (Lipinski definition) is 0. The summed E-state index contributed by atoms with van der Waals surface area (Å²) in [6, 6.07) is 7.51. The van der Waals surface area contributed by atoms with Gasteiger partial charge in [0.2, 0.25) is 0 Å². The number of hydrogen-bond acceptors (Lipinski definition) is 2. The number of carbonyl (C=O) groups is 1. The van der Waals surface area contributed by atoms with Gasteiger partial charge in [0, 0.05) is 23.1 Å². The first-order valence-electron chi connectivity index (χ1n) is 4.27. The van der Waals surface area contributed by atoms with Gasteiger partial charge in [-0.15, -0.1) is 0 Å². The van der Waals surface area contributed by atoms with E-state index in [4.69, 9.17) is 0 Å². The Kier molecular flexibility index (Phi) is 2.47. The zero-order valence-electron chi connectivity index (χ0n) is 7.16. The van der Waals surface area contributed by atoms with E-state index in [1.54, 1.807) is 0 Å². The molecule has 3 heteroatoms. The monoisotopic (exact) mass is 239 g/mol. The van der Waals surface area contributed by atoms with Gasteiger partial charge in [0.1, 0.15) is 0 Å². The zero-order valence-corrected chi connectivity index (χ0v) is 8.75. The summed E-state index contributed by atoms with van der Waals surface area (Å²) in [6.45, 7) is 2.71. The number of halogens is 1. The van der Waals surface area contributed by atoms with Crippen molar-refractivity contribution in [1.82, 2.24) is 4.90 Å². The minimum absolute atomic E-state index is 0.213. The molecule has 0 atom stereocenters. The van der Waals surface area contributed by atoms with Crippen molar-refractivity contribution in [1.29, 1.82) is 0 Å². The van der Waals surface area contributed by atoms with E-state index in [2.05, 4.69) is 20.8 Å². The van der Waals surface area contributed by atoms with Gasteiger partial charge in [-0.25, -0.2) is 0 Å². The fourth-order valence-electron chi connectivity index (χ4n) is 1.16. The standard InChI is InChI=1S/C10H10BrNO/c11-9-3-1-8(2-4-9)10(13)7-12-5-6-12/h1-4H,5-7H2. The van der Waals surface area contributed by atoms with Gasteiger partial charge in [0.15, 0.2) is 5.78 Å². The molecule has 0 radical (unpaired) electrons. The van der Waals surface area contributed by atoms with Crippen molar-refractivity contribution in [2.75, 3.05) is 19.6 Å². The summed E-state index contributed by atoms with van der Waals surface area (Å²) in [7, 11) is 0. The predicted molar refractivity (Wildman–Crippen MR) is 54.9 cm³/mol. The molecular weight excluding hydrogens is 230 g/mol. The molecule has 0 bridgehead atoms. The summed E-state index contributed by atoms with van der Waals surface area (Å²) >= 11 is 3.34. The molecule has 0 aromatic heterocycles. The molecule has 68 valence electrons. The Morgan fingerprint density at radius 1 is 1.31 bits per heavy atom. The van der Waals surface area contributed by atoms with Gasteiger partial charge in [-0.3, -0.25) is 9.69 Å². The molecule has 1 aromatic carbocycles. The zero-order chi connectivity index (χ0) is 9.26. The lowest BCUT2D eigenvalue weighted by Crippen LogP contribution is -2.12. The molecule has 0 saturated carbocycles. The van der Waals surface area contributed by atoms with Crippen LogP contribution in [0.4, 0.5) is 0 Å². The molecule has 0 amide bonds. The second-order valence-electron chi connectivity index (χ2n) is 3.21. The van der Waals surface area contributed by atoms with Crippen LogP contribution < -0.4 is 0 Å². The van der Waals surface area contributed by atoms with Crippen molar-refractivity contribution in [3.8, 4) is 0 Å². The first-order chi connectivity index (χ1) is 6.25. The van der Waals surface area contributed by atoms with Crippen LogP contribution in [0.2, 0.25) is 0 Å². The fraction of sp³-hybridized carbons (Fsp3) is 0.300. The van der Waals surface area contributed by atoms with Crippen LogP contribution in [0.5, 0.6) is 0 Å². The van der Waals surface area contributed by atoms with Crippen LogP contribution >= 0.6 is 15.9 Å². The molecular formula is C10H10BrNO. The van der Waals surface area contributed by atoms with Crippen LogP contribution in [0.3, 0.4) is 0 Å². The lowest BCUT2D eigenvalue weighted by molar-refractivity contribution is 0.0974. The van der Waals surface area contributed by atoms with E-state index in [9.17, 15) is 4.79 Å². The third-order valence-electron chi connectivity index (χ3n) is 2.07. The highest BCUT2D eigenvalue weighted by molar-refractivity contribution is 9.10. The van der Waals surface area contributed by atoms with E-state index in [0.717, 1.165) is 23.1 Å². The molecule has 0 N–H and O–H groups in total. The number of rotatable bonds is 3. The van der Waals surface area contributed by atoms with E-state index in [-0.39, 0.29) is 5.78 Å². The summed E-state index contributed by atoms with van der Waals surface area (Å²) in [5.41, 5.74) is 0.801. The second kappa shape index (κ2) is 3.60. The third kappa shape index (κ3) is 2.39. The van der Waals surface area contributed by atoms with Crippen molar-refractivity contribution in [2.24, 2.45) is 0 Å². The first-order valence-corrected chi connectivity index (χ1v) is 5.06. The largest absolute Gasteiger partial charge is 0.293 e. The van der Waals surface area contributed by atoms with Crippen LogP contribution in [-0.4, -0.2) is 30.3 Å². The van der Waals surface area contributed by atoms with Gasteiger partial charge < -0.3 is 0 Å². The molecule has 1 aromatic rings. The normalized spacial score (nSPS) is 15.8. The topological polar surface area (TPSA) is 20.1 Å². The Hall–Kier alpha value is -0.670. The second-order valence-corrected chi connectivity index (χ2v) is 4.12. The lowest BCUT2D eigenvalue weighted by Gasteiger charge is -2.00. The highest BCUT2D eigenvalue weighted by Crippen LogP contribution is 2.12. The average molecular weight is 240 g/mol. The maximum absolute atomic E-state index is 11.5. The molecule has 13 heavy (non-hydrogen) atoms. The lowest BCUT2D eigenvalue weighted by atomic mass is 10.1. The summed E-state index contributed by atoms with van der Waals surface area (Å²) in [6.07, 6.45) is 0. The van der Waals surface area contributed by atoms with Crippen molar-refractivity contribution < 1.29 is 4.79 Å². The van der Waals surface area contributed by atoms with E-state index in [1.165, 1.54) is 0 Å². The molecule has 1 aliphatic heterocycles. The molecule has 1 fully saturated rings. The highest BCUT2D eigenvalue weighted by Gasteiger charge is 2.20. The van der Waals surface area contributed by atoms with Crippen LogP contribution in [0, 0.1) is 0 Å². The molecule has 1 aliphatic rings. The Morgan fingerprint density at radius 2 is 1.92 bits per heavy atom. The van der Waals surface area contributed by atoms with E-state index >= 15 is 0 Å². The quantitative estimate of drug-likeness (QED) is 0.594. The van der Waals surface area contributed by atoms with Crippen LogP contribution in [0.25, 0.3) is 0 Å². The van der Waals surface area contributed by atoms with E-state index in [0.29, 0.717) is 6.54 Å². The minimum Gasteiger partial charge on any atom is -0.293 e. The maximum Gasteiger partial charge on any atom is 0.176 e. The summed E-state index contributed by atoms with van der Waals surface area (Å²) in [5.74, 6) is 0.213. The number of benzene rings is 1. The SMILES string of the molecule is O=C(CN1CC1)c1ccc(Br)cc1. The van der Waals surface area contributed by atoms with Crippen molar-refractivity contribution in [2.45, 2.75) is 0 Å². The van der Waals surface area contributed by atoms with Gasteiger partial charge in [0.05, 0.1) is 6.54 Å². The molecule has 2 nitrogen and oxygen atoms in total. The molecule has 0 aliphatic carbocycles. The van der Waals surface area contributed by atoms with E-state index < -0.39 is 0 Å². The smallest absolute Gasteiger partial charge is 0.176 e. The van der Waals surface area contributed by atoms with Crippen molar-refractivity contribution in [3.05, 3.63) is 34.3 Å². The van der Waals surface area contributed by atoms with Crippen LogP contribution in [0.1, 0.15) is 10.4 Å².